The third kappa shape index (κ3) is 2.93. The molecular weight excluding hydrogens is 246 g/mol. The maximum absolute atomic E-state index is 11.9. The van der Waals surface area contributed by atoms with E-state index in [-0.39, 0.29) is 0 Å². The minimum absolute atomic E-state index is 0.424. The highest BCUT2D eigenvalue weighted by Gasteiger charge is 2.20. The van der Waals surface area contributed by atoms with E-state index in [9.17, 15) is 8.42 Å². The number of aryl methyl sites for hydroxylation is 2. The van der Waals surface area contributed by atoms with Crippen LogP contribution in [-0.2, 0) is 16.3 Å². The van der Waals surface area contributed by atoms with Crippen LogP contribution in [0.2, 0.25) is 0 Å². The number of rotatable bonds is 3. The Kier molecular flexibility index (Phi) is 3.78. The number of hydrogen-bond acceptors (Lipinski definition) is 3. The summed E-state index contributed by atoms with van der Waals surface area (Å²) in [6, 6.07) is 4.27. The quantitative estimate of drug-likeness (QED) is 0.911. The summed E-state index contributed by atoms with van der Waals surface area (Å²) >= 11 is 0. The highest BCUT2D eigenvalue weighted by atomic mass is 32.2. The zero-order chi connectivity index (χ0) is 13.3. The maximum atomic E-state index is 11.9. The molecule has 0 radical (unpaired) electrons. The lowest BCUT2D eigenvalue weighted by atomic mass is 10.00. The smallest absolute Gasteiger partial charge is 0.175 e. The van der Waals surface area contributed by atoms with E-state index in [1.807, 2.05) is 26.0 Å². The topological polar surface area (TPSA) is 46.2 Å². The molecule has 0 bridgehead atoms. The predicted octanol–water partition coefficient (Wildman–Crippen LogP) is 2.00. The van der Waals surface area contributed by atoms with Gasteiger partial charge in [-0.2, -0.15) is 0 Å². The lowest BCUT2D eigenvalue weighted by Crippen LogP contribution is -2.24. The summed E-state index contributed by atoms with van der Waals surface area (Å²) in [5.41, 5.74) is 3.16. The Morgan fingerprint density at radius 2 is 1.94 bits per heavy atom. The van der Waals surface area contributed by atoms with E-state index in [0.717, 1.165) is 36.1 Å². The molecule has 18 heavy (non-hydrogen) atoms. The van der Waals surface area contributed by atoms with E-state index in [2.05, 4.69) is 5.32 Å². The van der Waals surface area contributed by atoms with Gasteiger partial charge in [-0.3, -0.25) is 0 Å². The second-order valence-electron chi connectivity index (χ2n) is 5.31. The molecule has 0 aliphatic carbocycles. The second-order valence-corrected chi connectivity index (χ2v) is 7.30. The minimum atomic E-state index is -3.14. The molecule has 1 aliphatic rings. The van der Waals surface area contributed by atoms with Crippen molar-refractivity contribution in [1.29, 1.82) is 0 Å². The van der Waals surface area contributed by atoms with Crippen LogP contribution in [0, 0.1) is 13.8 Å². The Morgan fingerprint density at radius 1 is 1.28 bits per heavy atom. The SMILES string of the molecule is Cc1cc(CC2CCCN2)c(S(C)(=O)=O)cc1C. The molecule has 1 N–H and O–H groups in total. The normalized spacial score (nSPS) is 20.3. The van der Waals surface area contributed by atoms with E-state index in [1.165, 1.54) is 12.7 Å². The molecule has 1 aromatic rings. The van der Waals surface area contributed by atoms with Crippen molar-refractivity contribution in [3.63, 3.8) is 0 Å². The van der Waals surface area contributed by atoms with Gasteiger partial charge in [0.05, 0.1) is 4.90 Å². The molecule has 1 atom stereocenters. The monoisotopic (exact) mass is 267 g/mol. The lowest BCUT2D eigenvalue weighted by Gasteiger charge is -2.15. The summed E-state index contributed by atoms with van der Waals surface area (Å²) in [6.45, 7) is 5.04. The molecule has 1 unspecified atom stereocenters. The fraction of sp³-hybridized carbons (Fsp3) is 0.571. The average Bonchev–Trinajstić information content (AvgIpc) is 2.74. The molecule has 100 valence electrons. The number of benzene rings is 1. The summed E-state index contributed by atoms with van der Waals surface area (Å²) in [5.74, 6) is 0. The van der Waals surface area contributed by atoms with Crippen molar-refractivity contribution in [2.24, 2.45) is 0 Å². The van der Waals surface area contributed by atoms with Crippen LogP contribution in [0.15, 0.2) is 17.0 Å². The van der Waals surface area contributed by atoms with Crippen LogP contribution in [0.5, 0.6) is 0 Å². The van der Waals surface area contributed by atoms with E-state index >= 15 is 0 Å². The number of sulfone groups is 1. The van der Waals surface area contributed by atoms with Gasteiger partial charge in [0.15, 0.2) is 9.84 Å². The van der Waals surface area contributed by atoms with Crippen LogP contribution in [0.4, 0.5) is 0 Å². The third-order valence-electron chi connectivity index (χ3n) is 3.70. The van der Waals surface area contributed by atoms with Gasteiger partial charge in [-0.15, -0.1) is 0 Å². The summed E-state index contributed by atoms with van der Waals surface area (Å²) in [6.07, 6.45) is 4.42. The highest BCUT2D eigenvalue weighted by molar-refractivity contribution is 7.90. The molecule has 3 nitrogen and oxygen atoms in total. The van der Waals surface area contributed by atoms with Crippen molar-refractivity contribution >= 4 is 9.84 Å². The van der Waals surface area contributed by atoms with Crippen molar-refractivity contribution in [2.45, 2.75) is 44.0 Å². The van der Waals surface area contributed by atoms with Crippen molar-refractivity contribution < 1.29 is 8.42 Å². The summed E-state index contributed by atoms with van der Waals surface area (Å²) < 4.78 is 23.7. The van der Waals surface area contributed by atoms with Gasteiger partial charge in [0.25, 0.3) is 0 Å². The minimum Gasteiger partial charge on any atom is -0.314 e. The Morgan fingerprint density at radius 3 is 2.50 bits per heavy atom. The van der Waals surface area contributed by atoms with Crippen molar-refractivity contribution in [3.05, 3.63) is 28.8 Å². The van der Waals surface area contributed by atoms with Crippen LogP contribution in [0.3, 0.4) is 0 Å². The molecular formula is C14H21NO2S. The van der Waals surface area contributed by atoms with Crippen LogP contribution < -0.4 is 5.32 Å². The molecule has 1 fully saturated rings. The average molecular weight is 267 g/mol. The molecule has 1 aromatic carbocycles. The van der Waals surface area contributed by atoms with Gasteiger partial charge in [0, 0.05) is 12.3 Å². The molecule has 4 heteroatoms. The van der Waals surface area contributed by atoms with E-state index < -0.39 is 9.84 Å². The standard InChI is InChI=1S/C14H21NO2S/c1-10-7-12(9-13-5-4-6-15-13)14(8-11(10)2)18(3,16)17/h7-8,13,15H,4-6,9H2,1-3H3. The van der Waals surface area contributed by atoms with E-state index in [1.54, 1.807) is 0 Å². The van der Waals surface area contributed by atoms with Gasteiger partial charge in [-0.25, -0.2) is 8.42 Å². The highest BCUT2D eigenvalue weighted by Crippen LogP contribution is 2.23. The van der Waals surface area contributed by atoms with Gasteiger partial charge in [0.1, 0.15) is 0 Å². The molecule has 2 rings (SSSR count). The number of nitrogens with one attached hydrogen (secondary N) is 1. The summed E-state index contributed by atoms with van der Waals surface area (Å²) in [4.78, 5) is 0.499. The number of hydrogen-bond donors (Lipinski definition) is 1. The second kappa shape index (κ2) is 5.02. The van der Waals surface area contributed by atoms with Crippen molar-refractivity contribution in [1.82, 2.24) is 5.32 Å². The first-order valence-corrected chi connectivity index (χ1v) is 8.30. The zero-order valence-electron chi connectivity index (χ0n) is 11.3. The van der Waals surface area contributed by atoms with Crippen LogP contribution in [0.1, 0.15) is 29.5 Å². The summed E-state index contributed by atoms with van der Waals surface area (Å²) in [5, 5.41) is 3.42. The van der Waals surface area contributed by atoms with Crippen molar-refractivity contribution in [2.75, 3.05) is 12.8 Å². The zero-order valence-corrected chi connectivity index (χ0v) is 12.1. The molecule has 0 amide bonds. The lowest BCUT2D eigenvalue weighted by molar-refractivity contribution is 0.586. The molecule has 1 aliphatic heterocycles. The fourth-order valence-electron chi connectivity index (χ4n) is 2.55. The Labute approximate surface area is 110 Å². The predicted molar refractivity (Wildman–Crippen MR) is 73.8 cm³/mol. The molecule has 0 saturated carbocycles. The van der Waals surface area contributed by atoms with Crippen LogP contribution in [-0.4, -0.2) is 27.3 Å². The third-order valence-corrected chi connectivity index (χ3v) is 4.88. The molecule has 0 spiro atoms. The summed E-state index contributed by atoms with van der Waals surface area (Å²) in [7, 11) is -3.14. The first-order chi connectivity index (χ1) is 8.38. The Balaban J connectivity index is 2.40. The van der Waals surface area contributed by atoms with E-state index in [4.69, 9.17) is 0 Å². The van der Waals surface area contributed by atoms with Crippen LogP contribution >= 0.6 is 0 Å². The van der Waals surface area contributed by atoms with E-state index in [0.29, 0.717) is 10.9 Å². The maximum Gasteiger partial charge on any atom is 0.175 e. The molecule has 1 heterocycles. The first-order valence-electron chi connectivity index (χ1n) is 6.41. The molecule has 0 aromatic heterocycles. The van der Waals surface area contributed by atoms with Gasteiger partial charge >= 0.3 is 0 Å². The van der Waals surface area contributed by atoms with Gasteiger partial charge < -0.3 is 5.32 Å². The first kappa shape index (κ1) is 13.6. The van der Waals surface area contributed by atoms with Gasteiger partial charge in [0.2, 0.25) is 0 Å². The molecule has 1 saturated heterocycles. The Bertz CT molecular complexity index is 543. The van der Waals surface area contributed by atoms with Crippen LogP contribution in [0.25, 0.3) is 0 Å². The fourth-order valence-corrected chi connectivity index (χ4v) is 3.56. The Hall–Kier alpha value is -0.870. The van der Waals surface area contributed by atoms with Gasteiger partial charge in [-0.1, -0.05) is 6.07 Å². The van der Waals surface area contributed by atoms with Gasteiger partial charge in [-0.05, 0) is 62.4 Å². The largest absolute Gasteiger partial charge is 0.314 e. The van der Waals surface area contributed by atoms with Crippen molar-refractivity contribution in [3.8, 4) is 0 Å².